The van der Waals surface area contributed by atoms with Gasteiger partial charge in [0, 0.05) is 42.6 Å². The van der Waals surface area contributed by atoms with Crippen LogP contribution >= 0.6 is 0 Å². The Hall–Kier alpha value is -2.96. The second kappa shape index (κ2) is 8.29. The number of nitrogens with one attached hydrogen (secondary N) is 2. The van der Waals surface area contributed by atoms with Crippen LogP contribution in [-0.4, -0.2) is 45.1 Å². The number of hydrogen-bond donors (Lipinski definition) is 3. The molecule has 2 heterocycles. The summed E-state index contributed by atoms with van der Waals surface area (Å²) in [4.78, 5) is 19.2. The van der Waals surface area contributed by atoms with Gasteiger partial charge in [0.05, 0.1) is 5.60 Å². The van der Waals surface area contributed by atoms with Crippen molar-refractivity contribution in [1.82, 2.24) is 15.2 Å². The average Bonchev–Trinajstić information content (AvgIpc) is 3.16. The van der Waals surface area contributed by atoms with E-state index in [1.807, 2.05) is 25.7 Å². The molecule has 0 spiro atoms. The van der Waals surface area contributed by atoms with Crippen molar-refractivity contribution in [1.29, 1.82) is 0 Å². The third-order valence-electron chi connectivity index (χ3n) is 9.06. The highest BCUT2D eigenvalue weighted by atomic mass is 19.1. The number of piperidine rings is 1. The number of H-pyrrole nitrogens is 1. The molecule has 6 rings (SSSR count). The highest BCUT2D eigenvalue weighted by molar-refractivity contribution is 5.95. The van der Waals surface area contributed by atoms with E-state index < -0.39 is 5.60 Å². The Morgan fingerprint density at radius 3 is 2.67 bits per heavy atom. The molecule has 1 saturated heterocycles. The van der Waals surface area contributed by atoms with Gasteiger partial charge >= 0.3 is 0 Å². The van der Waals surface area contributed by atoms with E-state index in [-0.39, 0.29) is 29.2 Å². The number of fused-ring (bicyclic) bond motifs is 2. The summed E-state index contributed by atoms with van der Waals surface area (Å²) in [5, 5.41) is 15.9. The molecule has 2 aromatic carbocycles. The van der Waals surface area contributed by atoms with Crippen molar-refractivity contribution in [2.45, 2.75) is 76.1 Å². The van der Waals surface area contributed by atoms with Crippen LogP contribution in [-0.2, 0) is 31.2 Å². The predicted molar refractivity (Wildman–Crippen MR) is 138 cm³/mol. The minimum atomic E-state index is -0.897. The minimum absolute atomic E-state index is 0.00612. The molecule has 36 heavy (non-hydrogen) atoms. The van der Waals surface area contributed by atoms with Crippen molar-refractivity contribution in [2.75, 3.05) is 6.54 Å². The molecule has 1 aliphatic heterocycles. The lowest BCUT2D eigenvalue weighted by Gasteiger charge is -2.60. The first-order chi connectivity index (χ1) is 17.2. The van der Waals surface area contributed by atoms with Gasteiger partial charge in [-0.25, -0.2) is 4.39 Å². The maximum atomic E-state index is 13.9. The number of halogens is 1. The van der Waals surface area contributed by atoms with Crippen molar-refractivity contribution >= 4 is 5.91 Å². The lowest BCUT2D eigenvalue weighted by atomic mass is 9.50. The number of amides is 1. The third-order valence-corrected chi connectivity index (χ3v) is 9.06. The molecule has 1 aromatic heterocycles. The number of carbonyl (C=O) groups excluding carboxylic acids is 1. The monoisotopic (exact) mass is 487 g/mol. The standard InChI is InChI=1S/C30H34FN3O2/c1-18(2)34(17-20-8-10-22(31)11-9-20)28(35)27-19(3)23-15-30(36)26-14-21-6-4-5-7-24(21)29(30,12-13-32-26)16-25(23)33-27/h4-11,18,26,32-33,36H,12-17H2,1-3H3/t26-,29-,30+/m0/s1. The Morgan fingerprint density at radius 2 is 1.92 bits per heavy atom. The van der Waals surface area contributed by atoms with E-state index in [9.17, 15) is 14.3 Å². The molecular formula is C30H34FN3O2. The second-order valence-corrected chi connectivity index (χ2v) is 11.2. The average molecular weight is 488 g/mol. The van der Waals surface area contributed by atoms with Gasteiger partial charge in [-0.15, -0.1) is 0 Å². The van der Waals surface area contributed by atoms with Crippen LogP contribution in [0.3, 0.4) is 0 Å². The van der Waals surface area contributed by atoms with Crippen LogP contribution in [0.5, 0.6) is 0 Å². The van der Waals surface area contributed by atoms with Crippen molar-refractivity contribution in [3.05, 3.63) is 93.6 Å². The summed E-state index contributed by atoms with van der Waals surface area (Å²) in [6, 6.07) is 14.8. The minimum Gasteiger partial charge on any atom is -0.387 e. The summed E-state index contributed by atoms with van der Waals surface area (Å²) in [5.74, 6) is -0.343. The van der Waals surface area contributed by atoms with Crippen molar-refractivity contribution in [3.63, 3.8) is 0 Å². The molecule has 2 aliphatic carbocycles. The number of carbonyl (C=O) groups is 1. The molecule has 5 nitrogen and oxygen atoms in total. The van der Waals surface area contributed by atoms with E-state index in [1.165, 1.54) is 23.3 Å². The molecule has 3 aromatic rings. The van der Waals surface area contributed by atoms with Crippen LogP contribution in [0.15, 0.2) is 48.5 Å². The van der Waals surface area contributed by atoms with Gasteiger partial charge in [0.15, 0.2) is 0 Å². The highest BCUT2D eigenvalue weighted by Gasteiger charge is 2.63. The first-order valence-electron chi connectivity index (χ1n) is 13.0. The number of benzene rings is 2. The first kappa shape index (κ1) is 23.4. The fourth-order valence-corrected chi connectivity index (χ4v) is 7.09. The van der Waals surface area contributed by atoms with Gasteiger partial charge in [0.2, 0.25) is 0 Å². The maximum absolute atomic E-state index is 13.9. The van der Waals surface area contributed by atoms with E-state index in [0.29, 0.717) is 25.1 Å². The zero-order valence-corrected chi connectivity index (χ0v) is 21.2. The largest absolute Gasteiger partial charge is 0.387 e. The number of nitrogens with zero attached hydrogens (tertiary/aromatic N) is 1. The van der Waals surface area contributed by atoms with E-state index >= 15 is 0 Å². The zero-order valence-electron chi connectivity index (χ0n) is 21.2. The Morgan fingerprint density at radius 1 is 1.17 bits per heavy atom. The summed E-state index contributed by atoms with van der Waals surface area (Å²) in [7, 11) is 0. The molecule has 0 saturated carbocycles. The molecule has 3 aliphatic rings. The molecular weight excluding hydrogens is 453 g/mol. The van der Waals surface area contributed by atoms with Gasteiger partial charge in [0.1, 0.15) is 11.5 Å². The highest BCUT2D eigenvalue weighted by Crippen LogP contribution is 2.55. The fourth-order valence-electron chi connectivity index (χ4n) is 7.09. The summed E-state index contributed by atoms with van der Waals surface area (Å²) in [5.41, 5.74) is 5.88. The molecule has 3 atom stereocenters. The lowest BCUT2D eigenvalue weighted by molar-refractivity contribution is -0.106. The summed E-state index contributed by atoms with van der Waals surface area (Å²) < 4.78 is 13.4. The SMILES string of the molecule is Cc1c(C(=O)N(Cc2ccc(F)cc2)C(C)C)[nH]c2c1C[C@@]1(O)[C@@H]3Cc4ccccc4[C@]1(CCN3)C2. The summed E-state index contributed by atoms with van der Waals surface area (Å²) >= 11 is 0. The third kappa shape index (κ3) is 3.31. The first-order valence-corrected chi connectivity index (χ1v) is 13.0. The van der Waals surface area contributed by atoms with E-state index in [0.717, 1.165) is 41.8 Å². The predicted octanol–water partition coefficient (Wildman–Crippen LogP) is 4.20. The van der Waals surface area contributed by atoms with Crippen LogP contribution in [0.1, 0.15) is 64.3 Å². The van der Waals surface area contributed by atoms with Gasteiger partial charge in [-0.05, 0) is 80.1 Å². The zero-order chi connectivity index (χ0) is 25.2. The normalized spacial score (nSPS) is 26.2. The van der Waals surface area contributed by atoms with Gasteiger partial charge in [-0.1, -0.05) is 36.4 Å². The van der Waals surface area contributed by atoms with Crippen molar-refractivity contribution in [3.8, 4) is 0 Å². The number of hydrogen-bond acceptors (Lipinski definition) is 3. The van der Waals surface area contributed by atoms with E-state index in [2.05, 4.69) is 34.6 Å². The number of aromatic amines is 1. The van der Waals surface area contributed by atoms with Crippen LogP contribution < -0.4 is 5.32 Å². The van der Waals surface area contributed by atoms with E-state index in [4.69, 9.17) is 0 Å². The van der Waals surface area contributed by atoms with E-state index in [1.54, 1.807) is 12.1 Å². The van der Waals surface area contributed by atoms with Crippen LogP contribution in [0.2, 0.25) is 0 Å². The molecule has 188 valence electrons. The Kier molecular flexibility index (Phi) is 5.39. The summed E-state index contributed by atoms with van der Waals surface area (Å²) in [6.45, 7) is 7.29. The Balaban J connectivity index is 1.39. The van der Waals surface area contributed by atoms with Crippen LogP contribution in [0.25, 0.3) is 0 Å². The Labute approximate surface area is 211 Å². The quantitative estimate of drug-likeness (QED) is 0.517. The van der Waals surface area contributed by atoms with Crippen molar-refractivity contribution in [2.24, 2.45) is 0 Å². The van der Waals surface area contributed by atoms with Gasteiger partial charge in [-0.3, -0.25) is 4.79 Å². The summed E-state index contributed by atoms with van der Waals surface area (Å²) in [6.07, 6.45) is 2.91. The van der Waals surface area contributed by atoms with Gasteiger partial charge in [-0.2, -0.15) is 0 Å². The number of aromatic nitrogens is 1. The Bertz CT molecular complexity index is 1330. The van der Waals surface area contributed by atoms with Crippen molar-refractivity contribution < 1.29 is 14.3 Å². The molecule has 1 fully saturated rings. The second-order valence-electron chi connectivity index (χ2n) is 11.2. The topological polar surface area (TPSA) is 68.4 Å². The number of aliphatic hydroxyl groups is 1. The number of rotatable bonds is 4. The molecule has 2 bridgehead atoms. The maximum Gasteiger partial charge on any atom is 0.271 e. The molecule has 1 amide bonds. The van der Waals surface area contributed by atoms with Crippen LogP contribution in [0.4, 0.5) is 4.39 Å². The van der Waals surface area contributed by atoms with Crippen LogP contribution in [0, 0.1) is 12.7 Å². The smallest absolute Gasteiger partial charge is 0.271 e. The fraction of sp³-hybridized carbons (Fsp3) is 0.433. The lowest BCUT2D eigenvalue weighted by Crippen LogP contribution is -2.73. The molecule has 6 heteroatoms. The molecule has 0 unspecified atom stereocenters. The van der Waals surface area contributed by atoms with Gasteiger partial charge in [0.25, 0.3) is 5.91 Å². The van der Waals surface area contributed by atoms with Gasteiger partial charge < -0.3 is 20.3 Å². The molecule has 0 radical (unpaired) electrons. The molecule has 3 N–H and O–H groups in total.